The molecule has 3 heteroatoms. The number of nitrogens with zero attached hydrogens (tertiary/aromatic N) is 1. The Morgan fingerprint density at radius 2 is 2.33 bits per heavy atom. The molecule has 0 amide bonds. The first kappa shape index (κ1) is 10.2. The fraction of sp³-hybridized carbons (Fsp3) is 0.250. The van der Waals surface area contributed by atoms with Gasteiger partial charge in [0.05, 0.1) is 0 Å². The fourth-order valence-corrected chi connectivity index (χ4v) is 2.13. The summed E-state index contributed by atoms with van der Waals surface area (Å²) in [6, 6.07) is 6.19. The lowest BCUT2D eigenvalue weighted by molar-refractivity contribution is 1.01. The summed E-state index contributed by atoms with van der Waals surface area (Å²) < 4.78 is 0. The van der Waals surface area contributed by atoms with Crippen LogP contribution >= 0.6 is 11.3 Å². The summed E-state index contributed by atoms with van der Waals surface area (Å²) >= 11 is 1.75. The van der Waals surface area contributed by atoms with Gasteiger partial charge < -0.3 is 5.32 Å². The minimum Gasteiger partial charge on any atom is -0.370 e. The molecule has 2 aromatic rings. The highest BCUT2D eigenvalue weighted by molar-refractivity contribution is 7.07. The van der Waals surface area contributed by atoms with Crippen molar-refractivity contribution in [1.82, 2.24) is 4.98 Å². The van der Waals surface area contributed by atoms with Gasteiger partial charge in [0, 0.05) is 12.7 Å². The molecule has 0 radical (unpaired) electrons. The van der Waals surface area contributed by atoms with Crippen LogP contribution in [0, 0.1) is 6.92 Å². The molecule has 0 fully saturated rings. The third-order valence-electron chi connectivity index (χ3n) is 2.30. The quantitative estimate of drug-likeness (QED) is 0.853. The van der Waals surface area contributed by atoms with Crippen molar-refractivity contribution in [2.24, 2.45) is 0 Å². The van der Waals surface area contributed by atoms with Crippen LogP contribution < -0.4 is 5.32 Å². The van der Waals surface area contributed by atoms with Crippen molar-refractivity contribution >= 4 is 17.2 Å². The Kier molecular flexibility index (Phi) is 3.35. The Morgan fingerprint density at radius 3 is 3.07 bits per heavy atom. The van der Waals surface area contributed by atoms with Crippen LogP contribution in [0.3, 0.4) is 0 Å². The second-order valence-electron chi connectivity index (χ2n) is 3.48. The highest BCUT2D eigenvalue weighted by Gasteiger charge is 1.97. The molecule has 0 spiro atoms. The summed E-state index contributed by atoms with van der Waals surface area (Å²) in [6.07, 6.45) is 2.87. The standard InChI is InChI=1S/C12H14N2S/c1-10-3-2-6-13-12(10)14-7-4-11-5-8-15-9-11/h2-3,5-6,8-9H,4,7H2,1H3,(H,13,14). The first-order chi connectivity index (χ1) is 7.36. The van der Waals surface area contributed by atoms with Crippen molar-refractivity contribution in [3.8, 4) is 0 Å². The van der Waals surface area contributed by atoms with Crippen LogP contribution in [-0.2, 0) is 6.42 Å². The predicted octanol–water partition coefficient (Wildman–Crippen LogP) is 3.11. The van der Waals surface area contributed by atoms with E-state index in [1.165, 1.54) is 11.1 Å². The molecule has 2 heterocycles. The third kappa shape index (κ3) is 2.80. The number of aryl methyl sites for hydroxylation is 1. The van der Waals surface area contributed by atoms with E-state index in [1.807, 2.05) is 12.3 Å². The molecule has 0 saturated carbocycles. The average Bonchev–Trinajstić information content (AvgIpc) is 2.74. The Labute approximate surface area is 94.0 Å². The van der Waals surface area contributed by atoms with Gasteiger partial charge in [-0.1, -0.05) is 6.07 Å². The van der Waals surface area contributed by atoms with Gasteiger partial charge in [-0.3, -0.25) is 0 Å². The highest BCUT2D eigenvalue weighted by atomic mass is 32.1. The van der Waals surface area contributed by atoms with Gasteiger partial charge in [0.25, 0.3) is 0 Å². The molecule has 0 bridgehead atoms. The Morgan fingerprint density at radius 1 is 1.40 bits per heavy atom. The molecule has 2 aromatic heterocycles. The minimum absolute atomic E-state index is 0.939. The molecule has 2 nitrogen and oxygen atoms in total. The van der Waals surface area contributed by atoms with E-state index < -0.39 is 0 Å². The van der Waals surface area contributed by atoms with Crippen LogP contribution in [0.1, 0.15) is 11.1 Å². The lowest BCUT2D eigenvalue weighted by atomic mass is 10.2. The summed E-state index contributed by atoms with van der Waals surface area (Å²) in [5.41, 5.74) is 2.59. The molecule has 0 atom stereocenters. The van der Waals surface area contributed by atoms with E-state index in [0.29, 0.717) is 0 Å². The van der Waals surface area contributed by atoms with Gasteiger partial charge in [0.1, 0.15) is 5.82 Å². The number of rotatable bonds is 4. The van der Waals surface area contributed by atoms with Crippen LogP contribution in [0.4, 0.5) is 5.82 Å². The third-order valence-corrected chi connectivity index (χ3v) is 3.03. The number of anilines is 1. The molecule has 78 valence electrons. The van der Waals surface area contributed by atoms with Gasteiger partial charge in [-0.05, 0) is 47.4 Å². The number of hydrogen-bond acceptors (Lipinski definition) is 3. The zero-order valence-electron chi connectivity index (χ0n) is 8.73. The van der Waals surface area contributed by atoms with Gasteiger partial charge in [0.15, 0.2) is 0 Å². The SMILES string of the molecule is Cc1cccnc1NCCc1ccsc1. The topological polar surface area (TPSA) is 24.9 Å². The fourth-order valence-electron chi connectivity index (χ4n) is 1.43. The van der Waals surface area contributed by atoms with Gasteiger partial charge >= 0.3 is 0 Å². The number of hydrogen-bond donors (Lipinski definition) is 1. The van der Waals surface area contributed by atoms with Crippen molar-refractivity contribution in [2.75, 3.05) is 11.9 Å². The summed E-state index contributed by atoms with van der Waals surface area (Å²) in [4.78, 5) is 4.29. The number of pyridine rings is 1. The second-order valence-corrected chi connectivity index (χ2v) is 4.26. The Hall–Kier alpha value is -1.35. The molecule has 0 unspecified atom stereocenters. The molecule has 2 rings (SSSR count). The summed E-state index contributed by atoms with van der Waals surface area (Å²) in [6.45, 7) is 3.01. The molecule has 1 N–H and O–H groups in total. The molecule has 0 aliphatic heterocycles. The van der Waals surface area contributed by atoms with Gasteiger partial charge in [-0.25, -0.2) is 4.98 Å². The lowest BCUT2D eigenvalue weighted by Gasteiger charge is -2.06. The van der Waals surface area contributed by atoms with Gasteiger partial charge in [-0.2, -0.15) is 11.3 Å². The van der Waals surface area contributed by atoms with Crippen LogP contribution in [0.25, 0.3) is 0 Å². The molecular formula is C12H14N2S. The minimum atomic E-state index is 0.939. The highest BCUT2D eigenvalue weighted by Crippen LogP contribution is 2.10. The monoisotopic (exact) mass is 218 g/mol. The van der Waals surface area contributed by atoms with Crippen molar-refractivity contribution in [3.63, 3.8) is 0 Å². The van der Waals surface area contributed by atoms with Gasteiger partial charge in [0.2, 0.25) is 0 Å². The first-order valence-corrected chi connectivity index (χ1v) is 5.97. The van der Waals surface area contributed by atoms with Crippen LogP contribution in [0.5, 0.6) is 0 Å². The Bertz CT molecular complexity index is 409. The smallest absolute Gasteiger partial charge is 0.128 e. The first-order valence-electron chi connectivity index (χ1n) is 5.03. The molecule has 0 aliphatic carbocycles. The molecular weight excluding hydrogens is 204 g/mol. The van der Waals surface area contributed by atoms with Crippen LogP contribution in [-0.4, -0.2) is 11.5 Å². The molecule has 0 saturated heterocycles. The summed E-state index contributed by atoms with van der Waals surface area (Å²) in [5, 5.41) is 7.64. The van der Waals surface area contributed by atoms with Crippen molar-refractivity contribution in [1.29, 1.82) is 0 Å². The van der Waals surface area contributed by atoms with E-state index in [4.69, 9.17) is 0 Å². The zero-order valence-corrected chi connectivity index (χ0v) is 9.55. The van der Waals surface area contributed by atoms with Crippen molar-refractivity contribution in [3.05, 3.63) is 46.3 Å². The van der Waals surface area contributed by atoms with E-state index >= 15 is 0 Å². The van der Waals surface area contributed by atoms with Crippen LogP contribution in [0.2, 0.25) is 0 Å². The van der Waals surface area contributed by atoms with E-state index in [2.05, 4.69) is 40.1 Å². The normalized spacial score (nSPS) is 10.2. The maximum absolute atomic E-state index is 4.29. The van der Waals surface area contributed by atoms with Crippen LogP contribution in [0.15, 0.2) is 35.2 Å². The summed E-state index contributed by atoms with van der Waals surface area (Å²) in [7, 11) is 0. The maximum Gasteiger partial charge on any atom is 0.128 e. The average molecular weight is 218 g/mol. The van der Waals surface area contributed by atoms with E-state index in [-0.39, 0.29) is 0 Å². The van der Waals surface area contributed by atoms with E-state index in [9.17, 15) is 0 Å². The molecule has 0 aliphatic rings. The second kappa shape index (κ2) is 4.94. The molecule has 0 aromatic carbocycles. The van der Waals surface area contributed by atoms with E-state index in [1.54, 1.807) is 11.3 Å². The summed E-state index contributed by atoms with van der Waals surface area (Å²) in [5.74, 6) is 0.993. The zero-order chi connectivity index (χ0) is 10.5. The van der Waals surface area contributed by atoms with Crippen molar-refractivity contribution < 1.29 is 0 Å². The number of nitrogens with one attached hydrogen (secondary N) is 1. The number of aromatic nitrogens is 1. The van der Waals surface area contributed by atoms with Crippen molar-refractivity contribution in [2.45, 2.75) is 13.3 Å². The predicted molar refractivity (Wildman–Crippen MR) is 65.5 cm³/mol. The number of thiophene rings is 1. The van der Waals surface area contributed by atoms with Gasteiger partial charge in [-0.15, -0.1) is 0 Å². The maximum atomic E-state index is 4.29. The van der Waals surface area contributed by atoms with E-state index in [0.717, 1.165) is 18.8 Å². The lowest BCUT2D eigenvalue weighted by Crippen LogP contribution is -2.06. The molecule has 15 heavy (non-hydrogen) atoms. The Balaban J connectivity index is 1.86. The largest absolute Gasteiger partial charge is 0.370 e.